The number of carboxylic acids is 1. The van der Waals surface area contributed by atoms with Gasteiger partial charge in [-0.25, -0.2) is 0 Å². The van der Waals surface area contributed by atoms with Gasteiger partial charge in [0.1, 0.15) is 13.2 Å². The number of quaternary nitrogens is 1. The number of carbonyl (C=O) groups excluding carboxylic acids is 3. The molecular formula is C78H147NO8. The number of likely N-dealkylation sites (N-methyl/N-ethyl adjacent to an activating group) is 1. The summed E-state index contributed by atoms with van der Waals surface area (Å²) in [6, 6.07) is 0. The maximum absolute atomic E-state index is 13.0. The molecule has 0 aromatic carbocycles. The van der Waals surface area contributed by atoms with Gasteiger partial charge < -0.3 is 33.3 Å². The van der Waals surface area contributed by atoms with Crippen molar-refractivity contribution in [1.82, 2.24) is 0 Å². The summed E-state index contributed by atoms with van der Waals surface area (Å²) in [7, 11) is 5.95. The molecule has 0 aliphatic heterocycles. The predicted molar refractivity (Wildman–Crippen MR) is 371 cm³/mol. The van der Waals surface area contributed by atoms with E-state index in [2.05, 4.69) is 50.3 Å². The van der Waals surface area contributed by atoms with Crippen molar-refractivity contribution in [2.24, 2.45) is 0 Å². The van der Waals surface area contributed by atoms with Gasteiger partial charge >= 0.3 is 11.9 Å². The third kappa shape index (κ3) is 70.8. The Morgan fingerprint density at radius 2 is 0.621 bits per heavy atom. The lowest BCUT2D eigenvalue weighted by molar-refractivity contribution is -0.870. The van der Waals surface area contributed by atoms with E-state index < -0.39 is 24.3 Å². The van der Waals surface area contributed by atoms with Gasteiger partial charge in [-0.05, 0) is 51.4 Å². The molecule has 0 amide bonds. The molecule has 0 bridgehead atoms. The van der Waals surface area contributed by atoms with Gasteiger partial charge in [0.05, 0.1) is 40.3 Å². The molecule has 0 heterocycles. The first-order valence-electron chi connectivity index (χ1n) is 38.1. The van der Waals surface area contributed by atoms with Crippen LogP contribution >= 0.6 is 0 Å². The van der Waals surface area contributed by atoms with Crippen molar-refractivity contribution in [2.75, 3.05) is 47.5 Å². The molecule has 0 spiro atoms. The second-order valence-corrected chi connectivity index (χ2v) is 27.3. The highest BCUT2D eigenvalue weighted by molar-refractivity contribution is 5.70. The quantitative estimate of drug-likeness (QED) is 0.0195. The number of hydrogen-bond acceptors (Lipinski definition) is 8. The molecule has 2 unspecified atom stereocenters. The van der Waals surface area contributed by atoms with Crippen LogP contribution in [0.1, 0.15) is 386 Å². The van der Waals surface area contributed by atoms with Gasteiger partial charge in [0.15, 0.2) is 12.4 Å². The van der Waals surface area contributed by atoms with E-state index >= 15 is 0 Å². The summed E-state index contributed by atoms with van der Waals surface area (Å²) in [5.74, 6) is -2.25. The topological polar surface area (TPSA) is 111 Å². The van der Waals surface area contributed by atoms with E-state index in [1.807, 2.05) is 21.1 Å². The van der Waals surface area contributed by atoms with Crippen LogP contribution in [0.25, 0.3) is 0 Å². The molecule has 0 aromatic heterocycles. The molecule has 512 valence electrons. The van der Waals surface area contributed by atoms with Crippen molar-refractivity contribution >= 4 is 17.9 Å². The molecule has 0 aliphatic rings. The predicted octanol–water partition coefficient (Wildman–Crippen LogP) is 22.6. The number of unbranched alkanes of at least 4 members (excludes halogenated alkanes) is 51. The molecule has 0 N–H and O–H groups in total. The fraction of sp³-hybridized carbons (Fsp3) is 0.885. The summed E-state index contributed by atoms with van der Waals surface area (Å²) in [6.45, 7) is 4.82. The van der Waals surface area contributed by atoms with E-state index in [9.17, 15) is 19.5 Å². The van der Waals surface area contributed by atoms with Crippen LogP contribution in [0, 0.1) is 0 Å². The number of ether oxygens (including phenoxy) is 4. The Hall–Kier alpha value is -2.49. The number of nitrogens with zero attached hydrogens (tertiary/aromatic N) is 1. The Morgan fingerprint density at radius 1 is 0.345 bits per heavy atom. The highest BCUT2D eigenvalue weighted by atomic mass is 16.7. The molecule has 0 aliphatic carbocycles. The monoisotopic (exact) mass is 1230 g/mol. The average Bonchev–Trinajstić information content (AvgIpc) is 3.59. The van der Waals surface area contributed by atoms with Crippen molar-refractivity contribution in [3.05, 3.63) is 36.5 Å². The zero-order valence-corrected chi connectivity index (χ0v) is 58.7. The van der Waals surface area contributed by atoms with Gasteiger partial charge in [0.2, 0.25) is 0 Å². The zero-order valence-electron chi connectivity index (χ0n) is 58.7. The van der Waals surface area contributed by atoms with Crippen LogP contribution in [0.2, 0.25) is 0 Å². The van der Waals surface area contributed by atoms with Gasteiger partial charge in [-0.15, -0.1) is 0 Å². The van der Waals surface area contributed by atoms with Crippen LogP contribution in [-0.4, -0.2) is 82.3 Å². The van der Waals surface area contributed by atoms with Crippen LogP contribution < -0.4 is 5.11 Å². The zero-order chi connectivity index (χ0) is 63.3. The minimum atomic E-state index is -1.62. The first-order valence-corrected chi connectivity index (χ1v) is 38.1. The Balaban J connectivity index is 4.01. The summed E-state index contributed by atoms with van der Waals surface area (Å²) in [4.78, 5) is 37.6. The number of allylic oxidation sites excluding steroid dienone is 6. The largest absolute Gasteiger partial charge is 0.545 e. The summed E-state index contributed by atoms with van der Waals surface area (Å²) >= 11 is 0. The Morgan fingerprint density at radius 3 is 0.920 bits per heavy atom. The van der Waals surface area contributed by atoms with Gasteiger partial charge in [-0.3, -0.25) is 9.59 Å². The minimum Gasteiger partial charge on any atom is -0.545 e. The van der Waals surface area contributed by atoms with Gasteiger partial charge in [-0.1, -0.05) is 359 Å². The van der Waals surface area contributed by atoms with Crippen LogP contribution in [0.4, 0.5) is 0 Å². The number of rotatable bonds is 72. The highest BCUT2D eigenvalue weighted by Crippen LogP contribution is 2.19. The minimum absolute atomic E-state index is 0.151. The van der Waals surface area contributed by atoms with E-state index in [1.54, 1.807) is 0 Å². The number of carbonyl (C=O) groups is 3. The van der Waals surface area contributed by atoms with Crippen molar-refractivity contribution in [2.45, 2.75) is 399 Å². The maximum atomic E-state index is 13.0. The fourth-order valence-corrected chi connectivity index (χ4v) is 11.6. The Kier molecular flexibility index (Phi) is 67.4. The maximum Gasteiger partial charge on any atom is 0.306 e. The third-order valence-corrected chi connectivity index (χ3v) is 17.4. The molecule has 0 rings (SSSR count). The molecule has 9 heteroatoms. The number of aliphatic carboxylic acids is 1. The number of hydrogen-bond donors (Lipinski definition) is 0. The smallest absolute Gasteiger partial charge is 0.306 e. The van der Waals surface area contributed by atoms with Crippen molar-refractivity contribution in [1.29, 1.82) is 0 Å². The van der Waals surface area contributed by atoms with Crippen molar-refractivity contribution in [3.63, 3.8) is 0 Å². The van der Waals surface area contributed by atoms with E-state index in [-0.39, 0.29) is 32.2 Å². The first-order chi connectivity index (χ1) is 42.6. The van der Waals surface area contributed by atoms with Gasteiger partial charge in [-0.2, -0.15) is 0 Å². The normalized spacial score (nSPS) is 12.8. The first kappa shape index (κ1) is 84.5. The molecule has 0 radical (unpaired) electrons. The van der Waals surface area contributed by atoms with Crippen molar-refractivity contribution < 1.29 is 42.9 Å². The standard InChI is InChI=1S/C78H147NO8/c1-6-8-10-12-14-16-18-20-22-24-26-28-30-32-34-36-37-38-39-41-43-45-47-49-51-53-55-57-59-61-63-65-67-69-76(81)87-74(73-86-78(77(82)83)84-71-70-79(3,4)5)72-85-75(80)68-66-64-62-60-58-56-54-52-50-48-46-44-42-40-35-33-31-29-27-25-23-21-19-17-15-13-11-9-7-2/h18,20,24,26,30,32,74,78H,6-17,19,21-23,25,27-29,31,33-73H2,1-5H3/b20-18-,26-24-,32-30-. The van der Waals surface area contributed by atoms with E-state index in [4.69, 9.17) is 18.9 Å². The van der Waals surface area contributed by atoms with Crippen LogP contribution in [0.15, 0.2) is 36.5 Å². The molecule has 0 aromatic rings. The van der Waals surface area contributed by atoms with Crippen LogP contribution in [0.3, 0.4) is 0 Å². The van der Waals surface area contributed by atoms with Crippen LogP contribution in [0.5, 0.6) is 0 Å². The van der Waals surface area contributed by atoms with E-state index in [1.165, 1.54) is 308 Å². The van der Waals surface area contributed by atoms with E-state index in [0.29, 0.717) is 17.4 Å². The fourth-order valence-electron chi connectivity index (χ4n) is 11.6. The average molecular weight is 1230 g/mol. The third-order valence-electron chi connectivity index (χ3n) is 17.4. The lowest BCUT2D eigenvalue weighted by Gasteiger charge is -2.26. The van der Waals surface area contributed by atoms with Crippen LogP contribution in [-0.2, 0) is 33.3 Å². The molecule has 0 saturated heterocycles. The molecule has 2 atom stereocenters. The molecular weight excluding hydrogens is 1080 g/mol. The second kappa shape index (κ2) is 69.4. The molecule has 0 fully saturated rings. The summed E-state index contributed by atoms with van der Waals surface area (Å²) in [6.07, 6.45) is 85.4. The molecule has 0 saturated carbocycles. The Labute approximate surface area is 540 Å². The Bertz CT molecular complexity index is 1520. The second-order valence-electron chi connectivity index (χ2n) is 27.3. The van der Waals surface area contributed by atoms with E-state index in [0.717, 1.165) is 51.4 Å². The lowest BCUT2D eigenvalue weighted by atomic mass is 10.0. The SMILES string of the molecule is CCCCCCC/C=C\C/C=C\C/C=C\CCCCCCCCCCCCCCCCCCCCC(=O)OC(COC(=O)CCCCCCCCCCCCCCCCCCCCCCCCCCCCCCC)COC(OCC[N+](C)(C)C)C(=O)[O-]. The molecule has 9 nitrogen and oxygen atoms in total. The molecule has 87 heavy (non-hydrogen) atoms. The summed E-state index contributed by atoms with van der Waals surface area (Å²) < 4.78 is 22.9. The lowest BCUT2D eigenvalue weighted by Crippen LogP contribution is -2.44. The summed E-state index contributed by atoms with van der Waals surface area (Å²) in [5, 5.41) is 11.8. The van der Waals surface area contributed by atoms with Gasteiger partial charge in [0.25, 0.3) is 0 Å². The number of esters is 2. The highest BCUT2D eigenvalue weighted by Gasteiger charge is 2.22. The summed E-state index contributed by atoms with van der Waals surface area (Å²) in [5.41, 5.74) is 0. The van der Waals surface area contributed by atoms with Gasteiger partial charge in [0, 0.05) is 12.8 Å². The van der Waals surface area contributed by atoms with Crippen molar-refractivity contribution in [3.8, 4) is 0 Å². The number of carboxylic acid groups (broad SMARTS) is 1.